The molecule has 51 heavy (non-hydrogen) atoms. The zero-order valence-corrected chi connectivity index (χ0v) is 31.7. The Morgan fingerprint density at radius 2 is 1.39 bits per heavy atom. The first-order valence-corrected chi connectivity index (χ1v) is 20.8. The molecule has 11 heteroatoms. The summed E-state index contributed by atoms with van der Waals surface area (Å²) in [5.74, 6) is -0.294. The van der Waals surface area contributed by atoms with Gasteiger partial charge in [-0.2, -0.15) is 0 Å². The number of cyclic esters (lactones) is 1. The lowest BCUT2D eigenvalue weighted by Gasteiger charge is -2.49. The van der Waals surface area contributed by atoms with Crippen LogP contribution in [0.15, 0.2) is 91.0 Å². The number of rotatable bonds is 15. The Morgan fingerprint density at radius 1 is 0.882 bits per heavy atom. The molecule has 2 N–H and O–H groups in total. The number of aliphatic hydroxyl groups is 1. The standard InChI is InChI=1S/C40H54N2O8Si/c1-28(43)41-35-36(33(44)22-32-26-49-39(45)42(32)51(5,6)40(2,3)4)50-34(27-46-23-29-16-10-7-11-17-29)37(47-24-30-18-12-8-13-19-30)38(35)48-25-31-20-14-9-15-21-31/h7-21,32-38,44H,22-27H2,1-6H3,(H,41,43)/t32-,33-,34+,35-,36+,37-,38+/m0/s1. The smallest absolute Gasteiger partial charge is 0.402 e. The molecule has 2 fully saturated rings. The molecule has 0 radical (unpaired) electrons. The minimum Gasteiger partial charge on any atom is -0.448 e. The van der Waals surface area contributed by atoms with Crippen LogP contribution in [-0.2, 0) is 48.3 Å². The number of amides is 2. The first-order chi connectivity index (χ1) is 24.3. The molecule has 0 bridgehead atoms. The highest BCUT2D eigenvalue weighted by Gasteiger charge is 2.54. The predicted octanol–water partition coefficient (Wildman–Crippen LogP) is 6.22. The van der Waals surface area contributed by atoms with Crippen LogP contribution in [0.3, 0.4) is 0 Å². The van der Waals surface area contributed by atoms with Gasteiger partial charge in [-0.1, -0.05) is 125 Å². The average molecular weight is 719 g/mol. The summed E-state index contributed by atoms with van der Waals surface area (Å²) in [6.45, 7) is 13.4. The van der Waals surface area contributed by atoms with Crippen LogP contribution in [0.5, 0.6) is 0 Å². The maximum atomic E-state index is 13.2. The highest BCUT2D eigenvalue weighted by atomic mass is 28.3. The van der Waals surface area contributed by atoms with Gasteiger partial charge in [-0.25, -0.2) is 4.79 Å². The Hall–Kier alpha value is -3.58. The highest BCUT2D eigenvalue weighted by Crippen LogP contribution is 2.42. The Labute approximate surface area is 303 Å². The van der Waals surface area contributed by atoms with Gasteiger partial charge in [0.05, 0.1) is 44.6 Å². The maximum Gasteiger partial charge on any atom is 0.402 e. The van der Waals surface area contributed by atoms with Crippen LogP contribution in [-0.4, -0.2) is 85.7 Å². The van der Waals surface area contributed by atoms with Crippen molar-refractivity contribution < 1.29 is 38.4 Å². The van der Waals surface area contributed by atoms with Gasteiger partial charge in [0.2, 0.25) is 5.91 Å². The topological polar surface area (TPSA) is 116 Å². The number of carbonyl (C=O) groups is 2. The van der Waals surface area contributed by atoms with Gasteiger partial charge in [-0.3, -0.25) is 4.79 Å². The Balaban J connectivity index is 1.47. The largest absolute Gasteiger partial charge is 0.448 e. The molecule has 2 aliphatic rings. The van der Waals surface area contributed by atoms with Crippen LogP contribution in [0.2, 0.25) is 18.1 Å². The zero-order chi connectivity index (χ0) is 36.6. The molecular weight excluding hydrogens is 665 g/mol. The van der Waals surface area contributed by atoms with E-state index in [9.17, 15) is 14.7 Å². The number of ether oxygens (including phenoxy) is 5. The molecule has 2 amide bonds. The fourth-order valence-corrected chi connectivity index (χ4v) is 9.06. The van der Waals surface area contributed by atoms with Crippen molar-refractivity contribution in [3.63, 3.8) is 0 Å². The van der Waals surface area contributed by atoms with Gasteiger partial charge in [0.25, 0.3) is 0 Å². The van der Waals surface area contributed by atoms with Gasteiger partial charge >= 0.3 is 6.09 Å². The van der Waals surface area contributed by atoms with Crippen LogP contribution in [0, 0.1) is 0 Å². The summed E-state index contributed by atoms with van der Waals surface area (Å²) in [6, 6.07) is 28.4. The monoisotopic (exact) mass is 718 g/mol. The maximum absolute atomic E-state index is 13.2. The van der Waals surface area contributed by atoms with E-state index in [2.05, 4.69) is 39.2 Å². The lowest BCUT2D eigenvalue weighted by molar-refractivity contribution is -0.248. The van der Waals surface area contributed by atoms with Crippen LogP contribution in [0.25, 0.3) is 0 Å². The second-order valence-corrected chi connectivity index (χ2v) is 20.2. The van der Waals surface area contributed by atoms with Gasteiger partial charge in [-0.15, -0.1) is 0 Å². The third-order valence-electron chi connectivity index (χ3n) is 10.4. The van der Waals surface area contributed by atoms with Crippen molar-refractivity contribution in [1.82, 2.24) is 9.88 Å². The predicted molar refractivity (Wildman–Crippen MR) is 197 cm³/mol. The molecule has 2 heterocycles. The number of hydrogen-bond donors (Lipinski definition) is 2. The number of aliphatic hydroxyl groups excluding tert-OH is 1. The minimum atomic E-state index is -2.37. The normalized spacial score (nSPS) is 24.6. The number of benzene rings is 3. The van der Waals surface area contributed by atoms with Crippen LogP contribution in [0.1, 0.15) is 50.8 Å². The second-order valence-electron chi connectivity index (χ2n) is 15.1. The fraction of sp³-hybridized carbons (Fsp3) is 0.500. The molecule has 0 saturated carbocycles. The zero-order valence-electron chi connectivity index (χ0n) is 30.7. The number of carbonyl (C=O) groups excluding carboxylic acids is 2. The molecule has 0 spiro atoms. The fourth-order valence-electron chi connectivity index (χ4n) is 6.72. The molecule has 10 nitrogen and oxygen atoms in total. The van der Waals surface area contributed by atoms with Crippen LogP contribution in [0.4, 0.5) is 4.79 Å². The third kappa shape index (κ3) is 9.85. The molecule has 2 saturated heterocycles. The number of nitrogens with one attached hydrogen (secondary N) is 1. The van der Waals surface area contributed by atoms with Gasteiger partial charge in [0.15, 0.2) is 8.24 Å². The van der Waals surface area contributed by atoms with E-state index >= 15 is 0 Å². The van der Waals surface area contributed by atoms with Crippen molar-refractivity contribution in [1.29, 1.82) is 0 Å². The minimum absolute atomic E-state index is 0.138. The quantitative estimate of drug-likeness (QED) is 0.178. The lowest BCUT2D eigenvalue weighted by atomic mass is 9.87. The van der Waals surface area contributed by atoms with Crippen LogP contribution >= 0.6 is 0 Å². The summed E-state index contributed by atoms with van der Waals surface area (Å²) in [5.41, 5.74) is 2.93. The van der Waals surface area contributed by atoms with E-state index in [1.807, 2.05) is 95.6 Å². The first kappa shape index (κ1) is 38.6. The summed E-state index contributed by atoms with van der Waals surface area (Å²) in [7, 11) is -2.37. The highest BCUT2D eigenvalue weighted by molar-refractivity contribution is 6.79. The SMILES string of the molecule is CC(=O)N[C@@H]1[C@@H](OCc2ccccc2)[C@@H](OCc2ccccc2)[C@@H](COCc2ccccc2)O[C@@H]1[C@@H](O)C[C@H]1COC(=O)N1[Si](C)(C)C(C)(C)C. The third-order valence-corrected chi connectivity index (χ3v) is 15.8. The van der Waals surface area contributed by atoms with Crippen molar-refractivity contribution in [2.24, 2.45) is 0 Å². The Bertz CT molecular complexity index is 1540. The van der Waals surface area contributed by atoms with Crippen molar-refractivity contribution in [3.8, 4) is 0 Å². The molecule has 0 unspecified atom stereocenters. The molecule has 3 aromatic rings. The first-order valence-electron chi connectivity index (χ1n) is 17.8. The Kier molecular flexibility index (Phi) is 13.1. The van der Waals surface area contributed by atoms with Crippen molar-refractivity contribution in [3.05, 3.63) is 108 Å². The number of nitrogens with zero attached hydrogens (tertiary/aromatic N) is 1. The van der Waals surface area contributed by atoms with E-state index < -0.39 is 44.8 Å². The van der Waals surface area contributed by atoms with E-state index in [1.54, 1.807) is 0 Å². The molecule has 2 aliphatic heterocycles. The van der Waals surface area contributed by atoms with Gasteiger partial charge < -0.3 is 38.7 Å². The molecule has 0 aromatic heterocycles. The number of hydrogen-bond acceptors (Lipinski definition) is 8. The van der Waals surface area contributed by atoms with Gasteiger partial charge in [-0.05, 0) is 28.1 Å². The molecule has 5 rings (SSSR count). The summed E-state index contributed by atoms with van der Waals surface area (Å²) in [4.78, 5) is 26.0. The molecule has 3 aromatic carbocycles. The van der Waals surface area contributed by atoms with Crippen molar-refractivity contribution >= 4 is 20.2 Å². The van der Waals surface area contributed by atoms with E-state index in [1.165, 1.54) is 6.92 Å². The van der Waals surface area contributed by atoms with Gasteiger partial charge in [0.1, 0.15) is 31.0 Å². The van der Waals surface area contributed by atoms with E-state index in [0.717, 1.165) is 16.7 Å². The lowest BCUT2D eigenvalue weighted by Crippen LogP contribution is -2.68. The average Bonchev–Trinajstić information content (AvgIpc) is 3.47. The van der Waals surface area contributed by atoms with E-state index in [4.69, 9.17) is 23.7 Å². The van der Waals surface area contributed by atoms with Crippen LogP contribution < -0.4 is 5.32 Å². The van der Waals surface area contributed by atoms with Gasteiger partial charge in [0, 0.05) is 6.92 Å². The van der Waals surface area contributed by atoms with Crippen molar-refractivity contribution in [2.75, 3.05) is 13.2 Å². The summed E-state index contributed by atoms with van der Waals surface area (Å²) in [6.07, 6.45) is -4.23. The molecule has 7 atom stereocenters. The summed E-state index contributed by atoms with van der Waals surface area (Å²) < 4.78 is 33.8. The van der Waals surface area contributed by atoms with E-state index in [-0.39, 0.29) is 55.9 Å². The molecule has 276 valence electrons. The Morgan fingerprint density at radius 3 is 1.90 bits per heavy atom. The van der Waals surface area contributed by atoms with E-state index in [0.29, 0.717) is 6.61 Å². The molecular formula is C40H54N2O8Si. The van der Waals surface area contributed by atoms with Crippen molar-refractivity contribution in [2.45, 2.75) is 115 Å². The summed E-state index contributed by atoms with van der Waals surface area (Å²) >= 11 is 0. The molecule has 0 aliphatic carbocycles. The summed E-state index contributed by atoms with van der Waals surface area (Å²) in [5, 5.41) is 15.0. The second kappa shape index (κ2) is 17.3.